The predicted octanol–water partition coefficient (Wildman–Crippen LogP) is 2.44. The van der Waals surface area contributed by atoms with E-state index in [0.717, 1.165) is 10.7 Å². The average molecular weight is 347 g/mol. The third kappa shape index (κ3) is 3.91. The summed E-state index contributed by atoms with van der Waals surface area (Å²) in [4.78, 5) is 16.4. The fraction of sp³-hybridized carbons (Fsp3) is 0.294. The lowest BCUT2D eigenvalue weighted by atomic mass is 10.2. The zero-order chi connectivity index (χ0) is 17.7. The Morgan fingerprint density at radius 1 is 1.25 bits per heavy atom. The number of sulfonamides is 1. The van der Waals surface area contributed by atoms with Crippen LogP contribution in [0.15, 0.2) is 53.7 Å². The Kier molecular flexibility index (Phi) is 5.56. The Balaban J connectivity index is 2.29. The molecule has 1 aromatic carbocycles. The summed E-state index contributed by atoms with van der Waals surface area (Å²) < 4.78 is 26.4. The quantitative estimate of drug-likeness (QED) is 0.870. The molecule has 1 heterocycles. The average Bonchev–Trinajstić information content (AvgIpc) is 2.61. The summed E-state index contributed by atoms with van der Waals surface area (Å²) in [6, 6.07) is 9.68. The molecule has 1 N–H and O–H groups in total. The summed E-state index contributed by atoms with van der Waals surface area (Å²) in [5.41, 5.74) is 0.651. The lowest BCUT2D eigenvalue weighted by molar-refractivity contribution is 0.0939. The number of pyridine rings is 1. The molecule has 0 aliphatic carbocycles. The maximum atomic E-state index is 12.6. The second-order valence-corrected chi connectivity index (χ2v) is 7.47. The van der Waals surface area contributed by atoms with Crippen LogP contribution in [0.2, 0.25) is 0 Å². The van der Waals surface area contributed by atoms with E-state index in [1.54, 1.807) is 18.2 Å². The molecule has 1 unspecified atom stereocenters. The maximum Gasteiger partial charge on any atom is 0.264 e. The van der Waals surface area contributed by atoms with Crippen LogP contribution in [0.4, 0.5) is 5.69 Å². The van der Waals surface area contributed by atoms with Gasteiger partial charge in [0.15, 0.2) is 0 Å². The van der Waals surface area contributed by atoms with Crippen LogP contribution in [0.1, 0.15) is 30.6 Å². The Bertz CT molecular complexity index is 807. The number of hydrogen-bond acceptors (Lipinski definition) is 4. The number of nitrogens with one attached hydrogen (secondary N) is 1. The Morgan fingerprint density at radius 3 is 2.54 bits per heavy atom. The van der Waals surface area contributed by atoms with Gasteiger partial charge in [-0.1, -0.05) is 25.1 Å². The van der Waals surface area contributed by atoms with Crippen LogP contribution in [-0.2, 0) is 10.0 Å². The van der Waals surface area contributed by atoms with Gasteiger partial charge < -0.3 is 5.32 Å². The molecule has 0 aliphatic rings. The topological polar surface area (TPSA) is 79.4 Å². The Morgan fingerprint density at radius 2 is 1.92 bits per heavy atom. The van der Waals surface area contributed by atoms with E-state index in [2.05, 4.69) is 10.3 Å². The normalized spacial score (nSPS) is 12.5. The van der Waals surface area contributed by atoms with Gasteiger partial charge in [-0.2, -0.15) is 0 Å². The van der Waals surface area contributed by atoms with Crippen LogP contribution in [0.3, 0.4) is 0 Å². The highest BCUT2D eigenvalue weighted by Gasteiger charge is 2.22. The van der Waals surface area contributed by atoms with Crippen LogP contribution in [0.25, 0.3) is 0 Å². The minimum absolute atomic E-state index is 0.0342. The molecule has 1 amide bonds. The summed E-state index contributed by atoms with van der Waals surface area (Å²) in [7, 11) is -2.26. The number of carbonyl (C=O) groups is 1. The zero-order valence-electron chi connectivity index (χ0n) is 13.9. The van der Waals surface area contributed by atoms with E-state index in [9.17, 15) is 13.2 Å². The van der Waals surface area contributed by atoms with E-state index < -0.39 is 10.0 Å². The second-order valence-electron chi connectivity index (χ2n) is 5.50. The zero-order valence-corrected chi connectivity index (χ0v) is 14.7. The highest BCUT2D eigenvalue weighted by Crippen LogP contribution is 2.21. The molecule has 24 heavy (non-hydrogen) atoms. The van der Waals surface area contributed by atoms with Gasteiger partial charge in [0.2, 0.25) is 0 Å². The van der Waals surface area contributed by atoms with Crippen molar-refractivity contribution in [3.63, 3.8) is 0 Å². The fourth-order valence-corrected chi connectivity index (χ4v) is 3.22. The van der Waals surface area contributed by atoms with Crippen molar-refractivity contribution in [2.24, 2.45) is 0 Å². The van der Waals surface area contributed by atoms with E-state index in [-0.39, 0.29) is 16.8 Å². The van der Waals surface area contributed by atoms with Gasteiger partial charge in [-0.3, -0.25) is 14.1 Å². The van der Waals surface area contributed by atoms with Crippen LogP contribution >= 0.6 is 0 Å². The van der Waals surface area contributed by atoms with Crippen LogP contribution in [-0.4, -0.2) is 32.4 Å². The van der Waals surface area contributed by atoms with Gasteiger partial charge in [0, 0.05) is 19.3 Å². The van der Waals surface area contributed by atoms with Gasteiger partial charge in [0.1, 0.15) is 0 Å². The Labute approximate surface area is 142 Å². The molecule has 7 heteroatoms. The van der Waals surface area contributed by atoms with Crippen molar-refractivity contribution >= 4 is 21.6 Å². The number of benzene rings is 1. The molecular formula is C17H21N3O3S. The molecule has 0 radical (unpaired) electrons. The van der Waals surface area contributed by atoms with Crippen LogP contribution in [0, 0.1) is 0 Å². The van der Waals surface area contributed by atoms with Crippen LogP contribution in [0.5, 0.6) is 0 Å². The minimum atomic E-state index is -3.70. The molecule has 2 aromatic rings. The molecule has 1 aromatic heterocycles. The fourth-order valence-electron chi connectivity index (χ4n) is 2.02. The van der Waals surface area contributed by atoms with E-state index in [1.807, 2.05) is 13.8 Å². The van der Waals surface area contributed by atoms with Crippen molar-refractivity contribution in [3.05, 3.63) is 54.4 Å². The van der Waals surface area contributed by atoms with Gasteiger partial charge in [-0.25, -0.2) is 8.42 Å². The monoisotopic (exact) mass is 347 g/mol. The molecule has 0 saturated carbocycles. The molecule has 128 valence electrons. The summed E-state index contributed by atoms with van der Waals surface area (Å²) >= 11 is 0. The number of rotatable bonds is 6. The SMILES string of the molecule is CCC(C)NC(=O)c1cncc(N(C)S(=O)(=O)c2ccccc2)c1. The van der Waals surface area contributed by atoms with Crippen molar-refractivity contribution in [1.82, 2.24) is 10.3 Å². The van der Waals surface area contributed by atoms with Gasteiger partial charge in [-0.15, -0.1) is 0 Å². The van der Waals surface area contributed by atoms with Gasteiger partial charge in [-0.05, 0) is 31.5 Å². The number of carbonyl (C=O) groups excluding carboxylic acids is 1. The first-order valence-corrected chi connectivity index (χ1v) is 9.10. The molecule has 0 bridgehead atoms. The minimum Gasteiger partial charge on any atom is -0.350 e. The maximum absolute atomic E-state index is 12.6. The van der Waals surface area contributed by atoms with Crippen molar-refractivity contribution in [3.8, 4) is 0 Å². The highest BCUT2D eigenvalue weighted by atomic mass is 32.2. The smallest absolute Gasteiger partial charge is 0.264 e. The molecule has 0 aliphatic heterocycles. The van der Waals surface area contributed by atoms with Crippen molar-refractivity contribution in [2.75, 3.05) is 11.4 Å². The second kappa shape index (κ2) is 7.44. The van der Waals surface area contributed by atoms with Gasteiger partial charge >= 0.3 is 0 Å². The van der Waals surface area contributed by atoms with E-state index in [0.29, 0.717) is 11.3 Å². The number of anilines is 1. The largest absolute Gasteiger partial charge is 0.350 e. The van der Waals surface area contributed by atoms with E-state index >= 15 is 0 Å². The van der Waals surface area contributed by atoms with Crippen molar-refractivity contribution < 1.29 is 13.2 Å². The molecule has 6 nitrogen and oxygen atoms in total. The summed E-state index contributed by atoms with van der Waals surface area (Å²) in [6.07, 6.45) is 3.64. The molecule has 0 fully saturated rings. The lowest BCUT2D eigenvalue weighted by Crippen LogP contribution is -2.32. The third-order valence-electron chi connectivity index (χ3n) is 3.74. The number of amides is 1. The van der Waals surface area contributed by atoms with Crippen LogP contribution < -0.4 is 9.62 Å². The van der Waals surface area contributed by atoms with Gasteiger partial charge in [0.05, 0.1) is 22.3 Å². The first-order valence-electron chi connectivity index (χ1n) is 7.66. The standard InChI is InChI=1S/C17H21N3O3S/c1-4-13(2)19-17(21)14-10-15(12-18-11-14)20(3)24(22,23)16-8-6-5-7-9-16/h5-13H,4H2,1-3H3,(H,19,21). The molecule has 2 rings (SSSR count). The Hall–Kier alpha value is -2.41. The molecule has 1 atom stereocenters. The van der Waals surface area contributed by atoms with Gasteiger partial charge in [0.25, 0.3) is 15.9 Å². The summed E-state index contributed by atoms with van der Waals surface area (Å²) in [6.45, 7) is 3.88. The lowest BCUT2D eigenvalue weighted by Gasteiger charge is -2.20. The number of nitrogens with zero attached hydrogens (tertiary/aromatic N) is 2. The molecule has 0 spiro atoms. The first-order chi connectivity index (χ1) is 11.4. The van der Waals surface area contributed by atoms with E-state index in [4.69, 9.17) is 0 Å². The van der Waals surface area contributed by atoms with Crippen molar-refractivity contribution in [2.45, 2.75) is 31.2 Å². The molecular weight excluding hydrogens is 326 g/mol. The summed E-state index contributed by atoms with van der Waals surface area (Å²) in [5, 5.41) is 2.84. The number of aromatic nitrogens is 1. The first kappa shape index (κ1) is 17.9. The van der Waals surface area contributed by atoms with E-state index in [1.165, 1.54) is 37.6 Å². The molecule has 0 saturated heterocycles. The van der Waals surface area contributed by atoms with Crippen molar-refractivity contribution in [1.29, 1.82) is 0 Å². The highest BCUT2D eigenvalue weighted by molar-refractivity contribution is 7.92. The third-order valence-corrected chi connectivity index (χ3v) is 5.54. The predicted molar refractivity (Wildman–Crippen MR) is 93.5 cm³/mol. The summed E-state index contributed by atoms with van der Waals surface area (Å²) in [5.74, 6) is -0.274. The number of hydrogen-bond donors (Lipinski definition) is 1.